The normalized spacial score (nSPS) is 31.8. The van der Waals surface area contributed by atoms with Crippen LogP contribution in [0.15, 0.2) is 24.3 Å². The molecule has 3 nitrogen and oxygen atoms in total. The van der Waals surface area contributed by atoms with E-state index < -0.39 is 0 Å². The highest BCUT2D eigenvalue weighted by Crippen LogP contribution is 2.40. The van der Waals surface area contributed by atoms with Gasteiger partial charge in [0.2, 0.25) is 0 Å². The molecule has 1 aliphatic heterocycles. The molecule has 2 aliphatic rings. The number of nitrogens with two attached hydrogens (primary N) is 1. The fourth-order valence-electron chi connectivity index (χ4n) is 3.79. The van der Waals surface area contributed by atoms with Crippen LogP contribution in [-0.4, -0.2) is 23.8 Å². The van der Waals surface area contributed by atoms with E-state index in [9.17, 15) is 5.11 Å². The average molecular weight is 274 g/mol. The van der Waals surface area contributed by atoms with E-state index >= 15 is 0 Å². The zero-order chi connectivity index (χ0) is 14.2. The Hall–Kier alpha value is -1.06. The molecule has 0 bridgehead atoms. The maximum Gasteiger partial charge on any atom is 0.0709 e. The molecular formula is C17H26N2O. The summed E-state index contributed by atoms with van der Waals surface area (Å²) >= 11 is 0. The number of benzene rings is 1. The van der Waals surface area contributed by atoms with Crippen molar-refractivity contribution in [3.8, 4) is 0 Å². The largest absolute Gasteiger partial charge is 0.389 e. The van der Waals surface area contributed by atoms with Gasteiger partial charge >= 0.3 is 0 Å². The second kappa shape index (κ2) is 5.38. The lowest BCUT2D eigenvalue weighted by molar-refractivity contribution is -0.0612. The van der Waals surface area contributed by atoms with Crippen molar-refractivity contribution < 1.29 is 5.11 Å². The second-order valence-electron chi connectivity index (χ2n) is 6.62. The SMILES string of the molecule is CC(N)c1ccc(N2CCC3(O)CCCCC3C2)cc1. The molecular weight excluding hydrogens is 248 g/mol. The molecule has 3 unspecified atom stereocenters. The summed E-state index contributed by atoms with van der Waals surface area (Å²) in [5.74, 6) is 0.443. The number of anilines is 1. The van der Waals surface area contributed by atoms with Crippen LogP contribution in [0.3, 0.4) is 0 Å². The van der Waals surface area contributed by atoms with E-state index in [1.165, 1.54) is 30.5 Å². The van der Waals surface area contributed by atoms with Crippen LogP contribution in [0.2, 0.25) is 0 Å². The molecule has 1 aromatic carbocycles. The Balaban J connectivity index is 1.72. The first-order valence-corrected chi connectivity index (χ1v) is 7.91. The molecule has 1 aromatic rings. The summed E-state index contributed by atoms with van der Waals surface area (Å²) in [5, 5.41) is 10.7. The van der Waals surface area contributed by atoms with Gasteiger partial charge in [0.25, 0.3) is 0 Å². The van der Waals surface area contributed by atoms with Gasteiger partial charge in [-0.3, -0.25) is 0 Å². The number of hydrogen-bond acceptors (Lipinski definition) is 3. The van der Waals surface area contributed by atoms with Crippen molar-refractivity contribution in [1.82, 2.24) is 0 Å². The minimum absolute atomic E-state index is 0.0915. The van der Waals surface area contributed by atoms with Gasteiger partial charge in [-0.1, -0.05) is 25.0 Å². The highest BCUT2D eigenvalue weighted by molar-refractivity contribution is 5.48. The molecule has 1 aliphatic carbocycles. The smallest absolute Gasteiger partial charge is 0.0709 e. The number of hydrogen-bond donors (Lipinski definition) is 2. The number of rotatable bonds is 2. The fraction of sp³-hybridized carbons (Fsp3) is 0.647. The van der Waals surface area contributed by atoms with Gasteiger partial charge in [0.05, 0.1) is 5.60 Å². The van der Waals surface area contributed by atoms with Crippen LogP contribution in [0, 0.1) is 5.92 Å². The molecule has 2 fully saturated rings. The van der Waals surface area contributed by atoms with E-state index in [2.05, 4.69) is 29.2 Å². The van der Waals surface area contributed by atoms with E-state index in [4.69, 9.17) is 5.73 Å². The van der Waals surface area contributed by atoms with Gasteiger partial charge in [-0.25, -0.2) is 0 Å². The standard InChI is InChI=1S/C17H26N2O/c1-13(18)14-5-7-16(8-6-14)19-11-10-17(20)9-3-2-4-15(17)12-19/h5-8,13,15,20H,2-4,9-12,18H2,1H3. The maximum atomic E-state index is 10.7. The monoisotopic (exact) mass is 274 g/mol. The van der Waals surface area contributed by atoms with Crippen LogP contribution in [-0.2, 0) is 0 Å². The molecule has 1 saturated heterocycles. The van der Waals surface area contributed by atoms with Crippen molar-refractivity contribution in [2.75, 3.05) is 18.0 Å². The summed E-state index contributed by atoms with van der Waals surface area (Å²) in [5.41, 5.74) is 7.96. The molecule has 110 valence electrons. The van der Waals surface area contributed by atoms with Gasteiger partial charge in [0.1, 0.15) is 0 Å². The third-order valence-corrected chi connectivity index (χ3v) is 5.21. The highest BCUT2D eigenvalue weighted by Gasteiger charge is 2.42. The average Bonchev–Trinajstić information content (AvgIpc) is 2.46. The Labute approximate surface area is 121 Å². The molecule has 3 rings (SSSR count). The first-order valence-electron chi connectivity index (χ1n) is 7.91. The Morgan fingerprint density at radius 1 is 1.25 bits per heavy atom. The minimum Gasteiger partial charge on any atom is -0.389 e. The number of nitrogens with zero attached hydrogens (tertiary/aromatic N) is 1. The van der Waals surface area contributed by atoms with Gasteiger partial charge in [-0.2, -0.15) is 0 Å². The quantitative estimate of drug-likeness (QED) is 0.872. The summed E-state index contributed by atoms with van der Waals surface area (Å²) < 4.78 is 0. The van der Waals surface area contributed by atoms with Crippen LogP contribution in [0.5, 0.6) is 0 Å². The van der Waals surface area contributed by atoms with Crippen LogP contribution in [0.25, 0.3) is 0 Å². The highest BCUT2D eigenvalue weighted by atomic mass is 16.3. The van der Waals surface area contributed by atoms with Crippen LogP contribution >= 0.6 is 0 Å². The van der Waals surface area contributed by atoms with E-state index in [-0.39, 0.29) is 11.6 Å². The lowest BCUT2D eigenvalue weighted by atomic mass is 9.71. The molecule has 0 spiro atoms. The first kappa shape index (κ1) is 13.9. The van der Waals surface area contributed by atoms with Gasteiger partial charge in [-0.05, 0) is 43.9 Å². The Morgan fingerprint density at radius 2 is 2.00 bits per heavy atom. The van der Waals surface area contributed by atoms with Crippen molar-refractivity contribution >= 4 is 5.69 Å². The Kier molecular flexibility index (Phi) is 3.74. The zero-order valence-corrected chi connectivity index (χ0v) is 12.4. The van der Waals surface area contributed by atoms with E-state index in [0.717, 1.165) is 25.9 Å². The van der Waals surface area contributed by atoms with Crippen molar-refractivity contribution in [1.29, 1.82) is 0 Å². The first-order chi connectivity index (χ1) is 9.58. The molecule has 0 radical (unpaired) electrons. The molecule has 1 saturated carbocycles. The van der Waals surface area contributed by atoms with Gasteiger partial charge in [-0.15, -0.1) is 0 Å². The molecule has 0 aromatic heterocycles. The zero-order valence-electron chi connectivity index (χ0n) is 12.4. The van der Waals surface area contributed by atoms with Crippen LogP contribution < -0.4 is 10.6 Å². The van der Waals surface area contributed by atoms with Crippen molar-refractivity contribution in [2.45, 2.75) is 50.7 Å². The molecule has 3 heteroatoms. The molecule has 3 N–H and O–H groups in total. The minimum atomic E-state index is -0.388. The summed E-state index contributed by atoms with van der Waals surface area (Å²) in [4.78, 5) is 2.43. The number of piperidine rings is 1. The van der Waals surface area contributed by atoms with Gasteiger partial charge in [0, 0.05) is 30.7 Å². The lowest BCUT2D eigenvalue weighted by Gasteiger charge is -2.48. The topological polar surface area (TPSA) is 49.5 Å². The number of fused-ring (bicyclic) bond motifs is 1. The number of aliphatic hydroxyl groups is 1. The van der Waals surface area contributed by atoms with Crippen molar-refractivity contribution in [3.05, 3.63) is 29.8 Å². The predicted molar refractivity (Wildman–Crippen MR) is 82.8 cm³/mol. The predicted octanol–water partition coefficient (Wildman–Crippen LogP) is 2.84. The maximum absolute atomic E-state index is 10.7. The molecule has 0 amide bonds. The molecule has 20 heavy (non-hydrogen) atoms. The third kappa shape index (κ3) is 2.57. The van der Waals surface area contributed by atoms with E-state index in [1.807, 2.05) is 6.92 Å². The summed E-state index contributed by atoms with van der Waals surface area (Å²) in [7, 11) is 0. The Morgan fingerprint density at radius 3 is 2.70 bits per heavy atom. The van der Waals surface area contributed by atoms with Crippen molar-refractivity contribution in [2.24, 2.45) is 11.7 Å². The second-order valence-corrected chi connectivity index (χ2v) is 6.62. The van der Waals surface area contributed by atoms with Crippen LogP contribution in [0.1, 0.15) is 50.6 Å². The summed E-state index contributed by atoms with van der Waals surface area (Å²) in [6, 6.07) is 8.69. The molecule has 3 atom stereocenters. The van der Waals surface area contributed by atoms with Crippen molar-refractivity contribution in [3.63, 3.8) is 0 Å². The van der Waals surface area contributed by atoms with E-state index in [0.29, 0.717) is 5.92 Å². The molecule has 1 heterocycles. The summed E-state index contributed by atoms with van der Waals surface area (Å²) in [6.45, 7) is 3.97. The summed E-state index contributed by atoms with van der Waals surface area (Å²) in [6.07, 6.45) is 5.54. The third-order valence-electron chi connectivity index (χ3n) is 5.21. The fourth-order valence-corrected chi connectivity index (χ4v) is 3.79. The Bertz CT molecular complexity index is 457. The van der Waals surface area contributed by atoms with Gasteiger partial charge < -0.3 is 15.7 Å². The van der Waals surface area contributed by atoms with Crippen LogP contribution in [0.4, 0.5) is 5.69 Å². The van der Waals surface area contributed by atoms with E-state index in [1.54, 1.807) is 0 Å². The lowest BCUT2D eigenvalue weighted by Crippen LogP contribution is -2.53. The van der Waals surface area contributed by atoms with Gasteiger partial charge in [0.15, 0.2) is 0 Å².